The molecule has 0 radical (unpaired) electrons. The Hall–Kier alpha value is -1.09. The van der Waals surface area contributed by atoms with E-state index >= 15 is 0 Å². The van der Waals surface area contributed by atoms with E-state index in [0.717, 1.165) is 19.5 Å². The second-order valence-electron chi connectivity index (χ2n) is 3.87. The zero-order valence-electron chi connectivity index (χ0n) is 9.53. The molecule has 3 nitrogen and oxygen atoms in total. The molecule has 0 aliphatic carbocycles. The molecule has 1 heterocycles. The Kier molecular flexibility index (Phi) is 5.12. The summed E-state index contributed by atoms with van der Waals surface area (Å²) in [6.07, 6.45) is 5.75. The molecule has 0 unspecified atom stereocenters. The van der Waals surface area contributed by atoms with Crippen molar-refractivity contribution >= 4 is 5.78 Å². The number of Topliss-reactive ketones (excluding diaryl/α,β-unsaturated/α-hetero) is 1. The van der Waals surface area contributed by atoms with Gasteiger partial charge in [-0.3, -0.25) is 4.79 Å². The maximum atomic E-state index is 11.1. The van der Waals surface area contributed by atoms with Gasteiger partial charge in [-0.2, -0.15) is 0 Å². The minimum Gasteiger partial charge on any atom is -0.472 e. The molecule has 1 aromatic rings. The van der Waals surface area contributed by atoms with Crippen LogP contribution in [0.15, 0.2) is 23.0 Å². The topological polar surface area (TPSA) is 33.5 Å². The lowest BCUT2D eigenvalue weighted by Gasteiger charge is -2.14. The summed E-state index contributed by atoms with van der Waals surface area (Å²) in [5, 5.41) is 0. The molecule has 0 amide bonds. The van der Waals surface area contributed by atoms with Crippen molar-refractivity contribution in [2.24, 2.45) is 0 Å². The van der Waals surface area contributed by atoms with E-state index in [9.17, 15) is 4.79 Å². The summed E-state index contributed by atoms with van der Waals surface area (Å²) in [4.78, 5) is 13.3. The first-order chi connectivity index (χ1) is 7.22. The first-order valence-corrected chi connectivity index (χ1v) is 5.43. The second kappa shape index (κ2) is 6.40. The van der Waals surface area contributed by atoms with Crippen LogP contribution in [0.25, 0.3) is 0 Å². The van der Waals surface area contributed by atoms with Crippen LogP contribution in [-0.4, -0.2) is 24.3 Å². The molecule has 3 heteroatoms. The minimum atomic E-state index is 0.353. The van der Waals surface area contributed by atoms with Gasteiger partial charge in [-0.15, -0.1) is 0 Å². The van der Waals surface area contributed by atoms with Gasteiger partial charge >= 0.3 is 0 Å². The molecular formula is C12H19NO2. The summed E-state index contributed by atoms with van der Waals surface area (Å²) in [6, 6.07) is 1.97. The monoisotopic (exact) mass is 209 g/mol. The van der Waals surface area contributed by atoms with Crippen molar-refractivity contribution in [3.63, 3.8) is 0 Å². The van der Waals surface area contributed by atoms with Crippen LogP contribution in [0.3, 0.4) is 0 Å². The van der Waals surface area contributed by atoms with Crippen molar-refractivity contribution in [2.75, 3.05) is 13.6 Å². The number of carbonyl (C=O) groups is 1. The van der Waals surface area contributed by atoms with Crippen molar-refractivity contribution in [1.82, 2.24) is 4.90 Å². The lowest BCUT2D eigenvalue weighted by Crippen LogP contribution is -2.19. The van der Waals surface area contributed by atoms with Crippen LogP contribution in [0.1, 0.15) is 31.7 Å². The van der Waals surface area contributed by atoms with Crippen LogP contribution in [-0.2, 0) is 11.3 Å². The highest BCUT2D eigenvalue weighted by Crippen LogP contribution is 2.05. The van der Waals surface area contributed by atoms with Crippen LogP contribution in [0.4, 0.5) is 0 Å². The molecule has 0 atom stereocenters. The molecule has 1 aromatic heterocycles. The first kappa shape index (κ1) is 12.0. The zero-order chi connectivity index (χ0) is 11.1. The average Bonchev–Trinajstić information content (AvgIpc) is 2.70. The van der Waals surface area contributed by atoms with E-state index < -0.39 is 0 Å². The highest BCUT2D eigenvalue weighted by molar-refractivity contribution is 5.77. The Labute approximate surface area is 91.1 Å². The molecule has 0 N–H and O–H groups in total. The molecule has 0 saturated carbocycles. The predicted molar refractivity (Wildman–Crippen MR) is 59.6 cm³/mol. The van der Waals surface area contributed by atoms with E-state index in [2.05, 4.69) is 11.9 Å². The largest absolute Gasteiger partial charge is 0.472 e. The zero-order valence-corrected chi connectivity index (χ0v) is 9.53. The quantitative estimate of drug-likeness (QED) is 0.691. The third kappa shape index (κ3) is 4.79. The molecule has 15 heavy (non-hydrogen) atoms. The van der Waals surface area contributed by atoms with Crippen LogP contribution in [0.2, 0.25) is 0 Å². The Morgan fingerprint density at radius 3 is 2.93 bits per heavy atom. The Morgan fingerprint density at radius 2 is 2.33 bits per heavy atom. The number of ketones is 1. The van der Waals surface area contributed by atoms with Gasteiger partial charge < -0.3 is 9.32 Å². The maximum Gasteiger partial charge on any atom is 0.132 e. The fraction of sp³-hybridized carbons (Fsp3) is 0.583. The van der Waals surface area contributed by atoms with E-state index in [4.69, 9.17) is 4.42 Å². The van der Waals surface area contributed by atoms with Crippen LogP contribution in [0, 0.1) is 0 Å². The average molecular weight is 209 g/mol. The number of hydrogen-bond acceptors (Lipinski definition) is 3. The highest BCUT2D eigenvalue weighted by atomic mass is 16.3. The van der Waals surface area contributed by atoms with Gasteiger partial charge in [-0.25, -0.2) is 0 Å². The molecule has 0 aliphatic rings. The molecule has 0 bridgehead atoms. The normalized spacial score (nSPS) is 10.9. The van der Waals surface area contributed by atoms with Crippen molar-refractivity contribution in [3.05, 3.63) is 24.2 Å². The summed E-state index contributed by atoms with van der Waals surface area (Å²) in [5.41, 5.74) is 1.18. The number of rotatable bonds is 7. The lowest BCUT2D eigenvalue weighted by molar-refractivity contribution is -0.118. The number of hydrogen-bond donors (Lipinski definition) is 0. The highest BCUT2D eigenvalue weighted by Gasteiger charge is 2.03. The standard InChI is InChI=1S/C12H19NO2/c1-3-12(14)5-4-7-13(2)9-11-6-8-15-10-11/h6,8,10H,3-5,7,9H2,1-2H3. The first-order valence-electron chi connectivity index (χ1n) is 5.43. The summed E-state index contributed by atoms with van der Waals surface area (Å²) in [6.45, 7) is 3.76. The van der Waals surface area contributed by atoms with E-state index in [1.807, 2.05) is 13.0 Å². The molecule has 84 valence electrons. The Morgan fingerprint density at radius 1 is 1.53 bits per heavy atom. The predicted octanol–water partition coefficient (Wildman–Crippen LogP) is 2.47. The van der Waals surface area contributed by atoms with E-state index in [1.165, 1.54) is 5.56 Å². The van der Waals surface area contributed by atoms with Crippen LogP contribution >= 0.6 is 0 Å². The van der Waals surface area contributed by atoms with Crippen molar-refractivity contribution in [1.29, 1.82) is 0 Å². The van der Waals surface area contributed by atoms with Gasteiger partial charge in [0.2, 0.25) is 0 Å². The van der Waals surface area contributed by atoms with Crippen LogP contribution in [0.5, 0.6) is 0 Å². The van der Waals surface area contributed by atoms with Gasteiger partial charge in [0.05, 0.1) is 12.5 Å². The smallest absolute Gasteiger partial charge is 0.132 e. The van der Waals surface area contributed by atoms with E-state index in [1.54, 1.807) is 12.5 Å². The summed E-state index contributed by atoms with van der Waals surface area (Å²) in [7, 11) is 2.06. The summed E-state index contributed by atoms with van der Waals surface area (Å²) in [5.74, 6) is 0.353. The Balaban J connectivity index is 2.14. The number of furan rings is 1. The van der Waals surface area contributed by atoms with Gasteiger partial charge in [0.1, 0.15) is 5.78 Å². The van der Waals surface area contributed by atoms with Gasteiger partial charge in [0.15, 0.2) is 0 Å². The molecule has 0 aliphatic heterocycles. The molecule has 1 rings (SSSR count). The van der Waals surface area contributed by atoms with Crippen molar-refractivity contribution in [2.45, 2.75) is 32.7 Å². The molecule has 0 spiro atoms. The second-order valence-corrected chi connectivity index (χ2v) is 3.87. The minimum absolute atomic E-state index is 0.353. The van der Waals surface area contributed by atoms with Crippen LogP contribution < -0.4 is 0 Å². The van der Waals surface area contributed by atoms with Crippen molar-refractivity contribution in [3.8, 4) is 0 Å². The van der Waals surface area contributed by atoms with Crippen molar-refractivity contribution < 1.29 is 9.21 Å². The molecule has 0 aromatic carbocycles. The summed E-state index contributed by atoms with van der Waals surface area (Å²) < 4.78 is 4.99. The lowest BCUT2D eigenvalue weighted by atomic mass is 10.2. The fourth-order valence-corrected chi connectivity index (χ4v) is 1.50. The SMILES string of the molecule is CCC(=O)CCCN(C)Cc1ccoc1. The van der Waals surface area contributed by atoms with Gasteiger partial charge in [-0.1, -0.05) is 6.92 Å². The fourth-order valence-electron chi connectivity index (χ4n) is 1.50. The van der Waals surface area contributed by atoms with Gasteiger partial charge in [0.25, 0.3) is 0 Å². The number of nitrogens with zero attached hydrogens (tertiary/aromatic N) is 1. The summed E-state index contributed by atoms with van der Waals surface area (Å²) >= 11 is 0. The van der Waals surface area contributed by atoms with Gasteiger partial charge in [0, 0.05) is 24.9 Å². The van der Waals surface area contributed by atoms with E-state index in [0.29, 0.717) is 18.6 Å². The van der Waals surface area contributed by atoms with E-state index in [-0.39, 0.29) is 0 Å². The third-order valence-corrected chi connectivity index (χ3v) is 2.42. The number of carbonyl (C=O) groups excluding carboxylic acids is 1. The Bertz CT molecular complexity index is 280. The third-order valence-electron chi connectivity index (χ3n) is 2.42. The molecular weight excluding hydrogens is 190 g/mol. The molecule has 0 saturated heterocycles. The van der Waals surface area contributed by atoms with Gasteiger partial charge in [-0.05, 0) is 26.1 Å². The molecule has 0 fully saturated rings. The maximum absolute atomic E-state index is 11.1.